The highest BCUT2D eigenvalue weighted by Gasteiger charge is 2.31. The van der Waals surface area contributed by atoms with Crippen molar-refractivity contribution in [2.75, 3.05) is 0 Å². The number of aromatic nitrogens is 2. The van der Waals surface area contributed by atoms with Crippen LogP contribution in [-0.4, -0.2) is 10.2 Å². The molecule has 0 unspecified atom stereocenters. The summed E-state index contributed by atoms with van der Waals surface area (Å²) in [6, 6.07) is 16.3. The first kappa shape index (κ1) is 21.0. The number of hydrogen-bond donors (Lipinski definition) is 0. The predicted octanol–water partition coefficient (Wildman–Crippen LogP) is 7.75. The molecule has 0 saturated heterocycles. The van der Waals surface area contributed by atoms with Crippen molar-refractivity contribution in [3.8, 4) is 22.9 Å². The molecule has 1 heterocycles. The Morgan fingerprint density at radius 1 is 0.545 bits per heavy atom. The van der Waals surface area contributed by atoms with Gasteiger partial charge < -0.3 is 4.42 Å². The van der Waals surface area contributed by atoms with E-state index in [2.05, 4.69) is 10.2 Å². The van der Waals surface area contributed by atoms with E-state index in [1.807, 2.05) is 0 Å². The normalized spacial score (nSPS) is 12.5. The zero-order valence-corrected chi connectivity index (χ0v) is 16.5. The topological polar surface area (TPSA) is 38.9 Å². The van der Waals surface area contributed by atoms with Crippen LogP contribution in [0.2, 0.25) is 0 Å². The van der Waals surface area contributed by atoms with E-state index in [9.17, 15) is 26.3 Å². The van der Waals surface area contributed by atoms with E-state index in [0.717, 1.165) is 24.3 Å². The fraction of sp³-hybridized carbons (Fsp3) is 0.0833. The molecule has 0 radical (unpaired) electrons. The van der Waals surface area contributed by atoms with Gasteiger partial charge in [-0.1, -0.05) is 36.4 Å². The third-order valence-electron chi connectivity index (χ3n) is 5.30. The Kier molecular flexibility index (Phi) is 4.66. The van der Waals surface area contributed by atoms with Crippen LogP contribution >= 0.6 is 0 Å². The van der Waals surface area contributed by atoms with E-state index in [1.54, 1.807) is 36.4 Å². The molecule has 4 aromatic carbocycles. The Morgan fingerprint density at radius 2 is 0.970 bits per heavy atom. The number of benzene rings is 4. The molecule has 0 aliphatic carbocycles. The molecule has 0 aliphatic heterocycles. The van der Waals surface area contributed by atoms with Gasteiger partial charge in [0.2, 0.25) is 11.8 Å². The fourth-order valence-electron chi connectivity index (χ4n) is 3.73. The van der Waals surface area contributed by atoms with Crippen molar-refractivity contribution in [2.24, 2.45) is 0 Å². The summed E-state index contributed by atoms with van der Waals surface area (Å²) in [7, 11) is 0. The number of fused-ring (bicyclic) bond motifs is 2. The van der Waals surface area contributed by atoms with Crippen molar-refractivity contribution in [1.29, 1.82) is 0 Å². The lowest BCUT2D eigenvalue weighted by molar-refractivity contribution is -0.138. The lowest BCUT2D eigenvalue weighted by Gasteiger charge is -2.09. The number of nitrogens with zero attached hydrogens (tertiary/aromatic N) is 2. The third kappa shape index (κ3) is 3.79. The Hall–Kier alpha value is -3.88. The quantitative estimate of drug-likeness (QED) is 0.254. The molecule has 5 rings (SSSR count). The molecule has 0 fully saturated rings. The summed E-state index contributed by atoms with van der Waals surface area (Å²) in [5.41, 5.74) is -0.654. The number of hydrogen-bond acceptors (Lipinski definition) is 3. The maximum absolute atomic E-state index is 13.0. The highest BCUT2D eigenvalue weighted by molar-refractivity contribution is 5.97. The molecule has 166 valence electrons. The smallest absolute Gasteiger partial charge is 0.416 e. The average molecular weight is 458 g/mol. The van der Waals surface area contributed by atoms with Gasteiger partial charge in [0.15, 0.2) is 0 Å². The van der Waals surface area contributed by atoms with Gasteiger partial charge in [0.25, 0.3) is 0 Å². The largest absolute Gasteiger partial charge is 0.416 e. The van der Waals surface area contributed by atoms with E-state index in [0.29, 0.717) is 32.7 Å². The van der Waals surface area contributed by atoms with Crippen molar-refractivity contribution < 1.29 is 30.8 Å². The van der Waals surface area contributed by atoms with Gasteiger partial charge in [0.05, 0.1) is 11.1 Å². The summed E-state index contributed by atoms with van der Waals surface area (Å²) < 4.78 is 84.1. The molecule has 0 N–H and O–H groups in total. The molecular weight excluding hydrogens is 446 g/mol. The van der Waals surface area contributed by atoms with Crippen LogP contribution in [0.5, 0.6) is 0 Å². The molecule has 0 amide bonds. The van der Waals surface area contributed by atoms with Gasteiger partial charge in [-0.15, -0.1) is 10.2 Å². The standard InChI is InChI=1S/C24H12F6N2O/c25-23(26,27)15-7-9-17-13(11-15)3-1-5-19(17)21-31-32-22(33-21)20-6-2-4-14-12-16(24(28,29)30)8-10-18(14)20/h1-12H. The molecule has 0 aliphatic rings. The first-order valence-electron chi connectivity index (χ1n) is 9.65. The van der Waals surface area contributed by atoms with Gasteiger partial charge in [0.1, 0.15) is 0 Å². The van der Waals surface area contributed by atoms with Crippen molar-refractivity contribution in [2.45, 2.75) is 12.4 Å². The Balaban J connectivity index is 1.59. The molecule has 1 aromatic heterocycles. The van der Waals surface area contributed by atoms with Gasteiger partial charge in [-0.05, 0) is 57.9 Å². The lowest BCUT2D eigenvalue weighted by atomic mass is 10.0. The van der Waals surface area contributed by atoms with Crippen LogP contribution in [0.3, 0.4) is 0 Å². The minimum Gasteiger partial charge on any atom is -0.416 e. The maximum atomic E-state index is 13.0. The second kappa shape index (κ2) is 7.33. The molecule has 0 atom stereocenters. The SMILES string of the molecule is FC(F)(F)c1ccc2c(-c3nnc(-c4cccc5cc(C(F)(F)F)ccc45)o3)cccc2c1. The molecular formula is C24H12F6N2O. The summed E-state index contributed by atoms with van der Waals surface area (Å²) >= 11 is 0. The van der Waals surface area contributed by atoms with Gasteiger partial charge in [-0.2, -0.15) is 26.3 Å². The first-order chi connectivity index (χ1) is 15.6. The Bertz CT molecular complexity index is 1390. The van der Waals surface area contributed by atoms with Gasteiger partial charge >= 0.3 is 12.4 Å². The molecule has 33 heavy (non-hydrogen) atoms. The molecule has 0 bridgehead atoms. The van der Waals surface area contributed by atoms with Crippen LogP contribution in [0, 0.1) is 0 Å². The second-order valence-electron chi connectivity index (χ2n) is 7.39. The van der Waals surface area contributed by atoms with Crippen molar-refractivity contribution in [3.05, 3.63) is 83.9 Å². The Labute approximate surface area is 182 Å². The Morgan fingerprint density at radius 3 is 1.36 bits per heavy atom. The van der Waals surface area contributed by atoms with Crippen molar-refractivity contribution in [3.63, 3.8) is 0 Å². The molecule has 0 saturated carbocycles. The fourth-order valence-corrected chi connectivity index (χ4v) is 3.73. The van der Waals surface area contributed by atoms with Crippen LogP contribution in [0.15, 0.2) is 77.2 Å². The highest BCUT2D eigenvalue weighted by atomic mass is 19.4. The monoisotopic (exact) mass is 458 g/mol. The minimum atomic E-state index is -4.47. The summed E-state index contributed by atoms with van der Waals surface area (Å²) in [5, 5.41) is 9.75. The van der Waals surface area contributed by atoms with Crippen molar-refractivity contribution in [1.82, 2.24) is 10.2 Å². The van der Waals surface area contributed by atoms with Crippen LogP contribution < -0.4 is 0 Å². The van der Waals surface area contributed by atoms with Crippen LogP contribution in [0.1, 0.15) is 11.1 Å². The zero-order valence-electron chi connectivity index (χ0n) is 16.5. The summed E-state index contributed by atoms with van der Waals surface area (Å²) in [6.45, 7) is 0. The van der Waals surface area contributed by atoms with Crippen LogP contribution in [-0.2, 0) is 12.4 Å². The lowest BCUT2D eigenvalue weighted by Crippen LogP contribution is -2.04. The van der Waals surface area contributed by atoms with Crippen LogP contribution in [0.25, 0.3) is 44.5 Å². The summed E-state index contributed by atoms with van der Waals surface area (Å²) in [6.07, 6.45) is -8.94. The second-order valence-corrected chi connectivity index (χ2v) is 7.39. The van der Waals surface area contributed by atoms with Gasteiger partial charge in [-0.25, -0.2) is 0 Å². The first-order valence-corrected chi connectivity index (χ1v) is 9.65. The minimum absolute atomic E-state index is 0.0827. The molecule has 5 aromatic rings. The number of halogens is 6. The van der Waals surface area contributed by atoms with E-state index in [1.165, 1.54) is 12.1 Å². The molecule has 9 heteroatoms. The average Bonchev–Trinajstić information content (AvgIpc) is 3.26. The van der Waals surface area contributed by atoms with Gasteiger partial charge in [-0.3, -0.25) is 0 Å². The van der Waals surface area contributed by atoms with Gasteiger partial charge in [0, 0.05) is 11.1 Å². The maximum Gasteiger partial charge on any atom is 0.416 e. The van der Waals surface area contributed by atoms with E-state index in [-0.39, 0.29) is 11.8 Å². The zero-order chi connectivity index (χ0) is 23.4. The summed E-state index contributed by atoms with van der Waals surface area (Å²) in [5.74, 6) is 0.165. The summed E-state index contributed by atoms with van der Waals surface area (Å²) in [4.78, 5) is 0. The van der Waals surface area contributed by atoms with E-state index < -0.39 is 23.5 Å². The predicted molar refractivity (Wildman–Crippen MR) is 110 cm³/mol. The van der Waals surface area contributed by atoms with E-state index >= 15 is 0 Å². The van der Waals surface area contributed by atoms with Crippen molar-refractivity contribution >= 4 is 21.5 Å². The number of alkyl halides is 6. The molecule has 0 spiro atoms. The van der Waals surface area contributed by atoms with Crippen LogP contribution in [0.4, 0.5) is 26.3 Å². The third-order valence-corrected chi connectivity index (χ3v) is 5.30. The number of rotatable bonds is 2. The van der Waals surface area contributed by atoms with E-state index in [4.69, 9.17) is 4.42 Å². The highest BCUT2D eigenvalue weighted by Crippen LogP contribution is 2.37. The molecule has 3 nitrogen and oxygen atoms in total.